The third-order valence-corrected chi connectivity index (χ3v) is 6.03. The SMILES string of the molecule is CCC(CC)COCC(=O)NC1CCC(Oc2cccc3nc(C)cc(N)c23)CC1. The molecule has 0 atom stereocenters. The third-order valence-electron chi connectivity index (χ3n) is 6.03. The van der Waals surface area contributed by atoms with E-state index in [0.29, 0.717) is 18.2 Å². The second-order valence-electron chi connectivity index (χ2n) is 8.36. The van der Waals surface area contributed by atoms with E-state index in [9.17, 15) is 4.79 Å². The molecule has 6 nitrogen and oxygen atoms in total. The van der Waals surface area contributed by atoms with Gasteiger partial charge in [0, 0.05) is 17.4 Å². The number of hydrogen-bond acceptors (Lipinski definition) is 5. The lowest BCUT2D eigenvalue weighted by molar-refractivity contribution is -0.127. The first-order valence-corrected chi connectivity index (χ1v) is 11.2. The molecule has 1 amide bonds. The summed E-state index contributed by atoms with van der Waals surface area (Å²) >= 11 is 0. The standard InChI is InChI=1S/C24H35N3O3/c1-4-17(5-2)14-29-15-23(28)27-18-9-11-19(12-10-18)30-22-8-6-7-21-24(22)20(25)13-16(3)26-21/h6-8,13,17-19H,4-5,9-12,14-15H2,1-3H3,(H2,25,26)(H,27,28). The van der Waals surface area contributed by atoms with E-state index >= 15 is 0 Å². The van der Waals surface area contributed by atoms with Crippen LogP contribution in [0, 0.1) is 12.8 Å². The summed E-state index contributed by atoms with van der Waals surface area (Å²) in [7, 11) is 0. The molecule has 2 aromatic rings. The summed E-state index contributed by atoms with van der Waals surface area (Å²) in [6.07, 6.45) is 5.89. The number of fused-ring (bicyclic) bond motifs is 1. The van der Waals surface area contributed by atoms with Gasteiger partial charge in [-0.05, 0) is 56.7 Å². The maximum absolute atomic E-state index is 12.2. The average Bonchev–Trinajstić information content (AvgIpc) is 2.72. The Morgan fingerprint density at radius 1 is 1.23 bits per heavy atom. The number of ether oxygens (including phenoxy) is 2. The number of aryl methyl sites for hydroxylation is 1. The number of aromatic nitrogens is 1. The fourth-order valence-electron chi connectivity index (χ4n) is 4.14. The normalized spacial score (nSPS) is 19.2. The number of nitrogens with zero attached hydrogens (tertiary/aromatic N) is 1. The number of rotatable bonds is 9. The van der Waals surface area contributed by atoms with E-state index in [1.54, 1.807) is 0 Å². The van der Waals surface area contributed by atoms with Gasteiger partial charge in [-0.2, -0.15) is 0 Å². The third kappa shape index (κ3) is 5.85. The van der Waals surface area contributed by atoms with Gasteiger partial charge >= 0.3 is 0 Å². The summed E-state index contributed by atoms with van der Waals surface area (Å²) < 4.78 is 11.9. The molecule has 0 aliphatic heterocycles. The van der Waals surface area contributed by atoms with Gasteiger partial charge in [0.05, 0.1) is 23.6 Å². The number of benzene rings is 1. The summed E-state index contributed by atoms with van der Waals surface area (Å²) in [5.74, 6) is 1.31. The maximum Gasteiger partial charge on any atom is 0.246 e. The Bertz CT molecular complexity index is 843. The molecule has 0 radical (unpaired) electrons. The zero-order chi connectivity index (χ0) is 21.5. The zero-order valence-corrected chi connectivity index (χ0v) is 18.4. The number of amides is 1. The summed E-state index contributed by atoms with van der Waals surface area (Å²) in [6, 6.07) is 7.95. The number of nitrogen functional groups attached to an aromatic ring is 1. The van der Waals surface area contributed by atoms with Crippen LogP contribution in [0.1, 0.15) is 58.1 Å². The highest BCUT2D eigenvalue weighted by atomic mass is 16.5. The Balaban J connectivity index is 1.47. The van der Waals surface area contributed by atoms with Crippen LogP contribution in [0.15, 0.2) is 24.3 Å². The number of carbonyl (C=O) groups excluding carboxylic acids is 1. The molecule has 0 bridgehead atoms. The van der Waals surface area contributed by atoms with Gasteiger partial charge in [0.2, 0.25) is 5.91 Å². The lowest BCUT2D eigenvalue weighted by Gasteiger charge is -2.30. The molecule has 1 fully saturated rings. The molecular formula is C24H35N3O3. The number of hydrogen-bond donors (Lipinski definition) is 2. The van der Waals surface area contributed by atoms with Crippen molar-refractivity contribution in [1.29, 1.82) is 0 Å². The quantitative estimate of drug-likeness (QED) is 0.637. The molecule has 1 aromatic carbocycles. The largest absolute Gasteiger partial charge is 0.490 e. The summed E-state index contributed by atoms with van der Waals surface area (Å²) in [5.41, 5.74) is 8.69. The molecule has 30 heavy (non-hydrogen) atoms. The summed E-state index contributed by atoms with van der Waals surface area (Å²) in [6.45, 7) is 7.05. The van der Waals surface area contributed by atoms with Gasteiger partial charge in [-0.25, -0.2) is 0 Å². The molecule has 1 heterocycles. The molecule has 1 aliphatic rings. The van der Waals surface area contributed by atoms with Crippen molar-refractivity contribution in [3.63, 3.8) is 0 Å². The Hall–Kier alpha value is -2.34. The van der Waals surface area contributed by atoms with E-state index in [2.05, 4.69) is 24.1 Å². The predicted molar refractivity (Wildman–Crippen MR) is 121 cm³/mol. The van der Waals surface area contributed by atoms with Crippen molar-refractivity contribution in [2.45, 2.75) is 71.4 Å². The molecule has 0 spiro atoms. The molecule has 164 valence electrons. The van der Waals surface area contributed by atoms with Crippen LogP contribution in [0.4, 0.5) is 5.69 Å². The maximum atomic E-state index is 12.2. The van der Waals surface area contributed by atoms with E-state index in [-0.39, 0.29) is 24.7 Å². The lowest BCUT2D eigenvalue weighted by atomic mass is 9.93. The van der Waals surface area contributed by atoms with E-state index < -0.39 is 0 Å². The van der Waals surface area contributed by atoms with E-state index in [0.717, 1.165) is 60.9 Å². The highest BCUT2D eigenvalue weighted by Crippen LogP contribution is 2.33. The van der Waals surface area contributed by atoms with Crippen LogP contribution >= 0.6 is 0 Å². The predicted octanol–water partition coefficient (Wildman–Crippen LogP) is 4.38. The van der Waals surface area contributed by atoms with Gasteiger partial charge in [0.1, 0.15) is 12.4 Å². The minimum Gasteiger partial charge on any atom is -0.490 e. The second-order valence-corrected chi connectivity index (χ2v) is 8.36. The summed E-state index contributed by atoms with van der Waals surface area (Å²) in [4.78, 5) is 16.7. The lowest BCUT2D eigenvalue weighted by Crippen LogP contribution is -2.41. The summed E-state index contributed by atoms with van der Waals surface area (Å²) in [5, 5.41) is 3.99. The van der Waals surface area contributed by atoms with Crippen LogP contribution in [-0.4, -0.2) is 36.3 Å². The van der Waals surface area contributed by atoms with Gasteiger partial charge < -0.3 is 20.5 Å². The molecule has 0 saturated heterocycles. The number of nitrogens with one attached hydrogen (secondary N) is 1. The number of nitrogens with two attached hydrogens (primary N) is 1. The molecule has 3 rings (SSSR count). The molecule has 1 saturated carbocycles. The van der Waals surface area contributed by atoms with Gasteiger partial charge in [-0.1, -0.05) is 32.8 Å². The fraction of sp³-hybridized carbons (Fsp3) is 0.583. The highest BCUT2D eigenvalue weighted by Gasteiger charge is 2.24. The molecule has 1 aromatic heterocycles. The van der Waals surface area contributed by atoms with Gasteiger partial charge in [0.25, 0.3) is 0 Å². The minimum atomic E-state index is -0.0198. The highest BCUT2D eigenvalue weighted by molar-refractivity contribution is 5.95. The van der Waals surface area contributed by atoms with Gasteiger partial charge in [-0.15, -0.1) is 0 Å². The number of anilines is 1. The zero-order valence-electron chi connectivity index (χ0n) is 18.4. The second kappa shape index (κ2) is 10.6. The van der Waals surface area contributed by atoms with Crippen molar-refractivity contribution in [3.8, 4) is 5.75 Å². The Labute approximate surface area is 179 Å². The van der Waals surface area contributed by atoms with E-state index in [1.807, 2.05) is 31.2 Å². The van der Waals surface area contributed by atoms with Crippen LogP contribution in [0.5, 0.6) is 5.75 Å². The minimum absolute atomic E-state index is 0.0198. The van der Waals surface area contributed by atoms with Crippen molar-refractivity contribution in [2.24, 2.45) is 5.92 Å². The van der Waals surface area contributed by atoms with E-state index in [4.69, 9.17) is 15.2 Å². The van der Waals surface area contributed by atoms with E-state index in [1.165, 1.54) is 0 Å². The van der Waals surface area contributed by atoms with Crippen LogP contribution in [-0.2, 0) is 9.53 Å². The monoisotopic (exact) mass is 413 g/mol. The number of carbonyl (C=O) groups is 1. The van der Waals surface area contributed by atoms with Gasteiger partial charge in [-0.3, -0.25) is 9.78 Å². The van der Waals surface area contributed by atoms with Crippen molar-refractivity contribution in [1.82, 2.24) is 10.3 Å². The average molecular weight is 414 g/mol. The molecule has 3 N–H and O–H groups in total. The topological polar surface area (TPSA) is 86.5 Å². The van der Waals surface area contributed by atoms with Gasteiger partial charge in [0.15, 0.2) is 0 Å². The first-order valence-electron chi connectivity index (χ1n) is 11.2. The molecule has 1 aliphatic carbocycles. The Morgan fingerprint density at radius 3 is 2.67 bits per heavy atom. The number of pyridine rings is 1. The van der Waals surface area contributed by atoms with Crippen molar-refractivity contribution in [3.05, 3.63) is 30.0 Å². The Kier molecular flexibility index (Phi) is 7.91. The van der Waals surface area contributed by atoms with Crippen LogP contribution in [0.3, 0.4) is 0 Å². The first-order chi connectivity index (χ1) is 14.5. The smallest absolute Gasteiger partial charge is 0.246 e. The van der Waals surface area contributed by atoms with Crippen LogP contribution < -0.4 is 15.8 Å². The van der Waals surface area contributed by atoms with Crippen molar-refractivity contribution < 1.29 is 14.3 Å². The molecule has 0 unspecified atom stereocenters. The molecular weight excluding hydrogens is 378 g/mol. The molecule has 6 heteroatoms. The fourth-order valence-corrected chi connectivity index (χ4v) is 4.14. The Morgan fingerprint density at radius 2 is 1.97 bits per heavy atom. The van der Waals surface area contributed by atoms with Crippen LogP contribution in [0.2, 0.25) is 0 Å². The first kappa shape index (κ1) is 22.3. The van der Waals surface area contributed by atoms with Crippen molar-refractivity contribution >= 4 is 22.5 Å². The van der Waals surface area contributed by atoms with Crippen molar-refractivity contribution in [2.75, 3.05) is 18.9 Å². The van der Waals surface area contributed by atoms with Crippen LogP contribution in [0.25, 0.3) is 10.9 Å².